The van der Waals surface area contributed by atoms with Crippen molar-refractivity contribution in [3.63, 3.8) is 0 Å². The Morgan fingerprint density at radius 3 is 2.85 bits per heavy atom. The number of aromatic nitrogens is 1. The fourth-order valence-corrected chi connectivity index (χ4v) is 2.19. The zero-order chi connectivity index (χ0) is 14.5. The first-order valence-electron chi connectivity index (χ1n) is 6.21. The van der Waals surface area contributed by atoms with Gasteiger partial charge in [-0.15, -0.1) is 0 Å². The molecular weight excluding hydrogens is 295 g/mol. The van der Waals surface area contributed by atoms with Crippen molar-refractivity contribution in [2.24, 2.45) is 0 Å². The zero-order valence-electron chi connectivity index (χ0n) is 10.9. The van der Waals surface area contributed by atoms with Gasteiger partial charge in [-0.3, -0.25) is 9.78 Å². The van der Waals surface area contributed by atoms with Crippen molar-refractivity contribution in [3.05, 3.63) is 58.3 Å². The number of nitrogens with one attached hydrogen (secondary N) is 1. The van der Waals surface area contributed by atoms with Gasteiger partial charge in [0.25, 0.3) is 0 Å². The highest BCUT2D eigenvalue weighted by Gasteiger charge is 2.13. The third-order valence-corrected chi connectivity index (χ3v) is 3.51. The van der Waals surface area contributed by atoms with Crippen LogP contribution in [0.15, 0.2) is 42.7 Å². The number of nitrogens with zero attached hydrogens (tertiary/aromatic N) is 1. The number of carbonyl (C=O) groups is 1. The Labute approximate surface area is 127 Å². The summed E-state index contributed by atoms with van der Waals surface area (Å²) in [5.74, 6) is -0.0211. The number of hydrogen-bond donors (Lipinski definition) is 1. The molecule has 1 N–H and O–H groups in total. The maximum absolute atomic E-state index is 12.0. The van der Waals surface area contributed by atoms with Gasteiger partial charge in [-0.1, -0.05) is 36.2 Å². The van der Waals surface area contributed by atoms with Crippen molar-refractivity contribution in [1.82, 2.24) is 4.98 Å². The van der Waals surface area contributed by atoms with E-state index in [0.717, 1.165) is 5.56 Å². The highest BCUT2D eigenvalue weighted by Crippen LogP contribution is 2.26. The highest BCUT2D eigenvalue weighted by atomic mass is 35.5. The largest absolute Gasteiger partial charge is 0.325 e. The molecule has 0 aliphatic heterocycles. The monoisotopic (exact) mass is 308 g/mol. The average molecular weight is 309 g/mol. The molecule has 0 fully saturated rings. The quantitative estimate of drug-likeness (QED) is 0.902. The molecule has 0 bridgehead atoms. The molecule has 1 heterocycles. The average Bonchev–Trinajstić information content (AvgIpc) is 2.43. The second kappa shape index (κ2) is 6.73. The van der Waals surface area contributed by atoms with Crippen molar-refractivity contribution in [2.45, 2.75) is 19.3 Å². The van der Waals surface area contributed by atoms with Crippen LogP contribution in [0.25, 0.3) is 0 Å². The molecule has 5 heteroatoms. The Morgan fingerprint density at radius 1 is 1.35 bits per heavy atom. The summed E-state index contributed by atoms with van der Waals surface area (Å²) >= 11 is 11.9. The first-order chi connectivity index (χ1) is 9.56. The van der Waals surface area contributed by atoms with E-state index in [2.05, 4.69) is 10.3 Å². The number of anilines is 1. The summed E-state index contributed by atoms with van der Waals surface area (Å²) in [6.45, 7) is 1.98. The van der Waals surface area contributed by atoms with Gasteiger partial charge in [-0.05, 0) is 35.7 Å². The van der Waals surface area contributed by atoms with Crippen LogP contribution >= 0.6 is 23.2 Å². The molecule has 0 aliphatic rings. The van der Waals surface area contributed by atoms with Crippen molar-refractivity contribution in [1.29, 1.82) is 0 Å². The standard InChI is InChI=1S/C15H14Cl2N2O/c1-10(11-3-2-6-18-9-11)7-15(20)19-14-8-12(16)4-5-13(14)17/h2-6,8-10H,7H2,1H3,(H,19,20). The maximum atomic E-state index is 12.0. The third kappa shape index (κ3) is 3.95. The minimum Gasteiger partial charge on any atom is -0.325 e. The van der Waals surface area contributed by atoms with Crippen molar-refractivity contribution < 1.29 is 4.79 Å². The molecule has 1 unspecified atom stereocenters. The number of amides is 1. The Balaban J connectivity index is 2.01. The van der Waals surface area contributed by atoms with E-state index in [4.69, 9.17) is 23.2 Å². The lowest BCUT2D eigenvalue weighted by molar-refractivity contribution is -0.116. The van der Waals surface area contributed by atoms with E-state index in [1.165, 1.54) is 0 Å². The van der Waals surface area contributed by atoms with Gasteiger partial charge in [0, 0.05) is 23.8 Å². The molecule has 2 rings (SSSR count). The third-order valence-electron chi connectivity index (χ3n) is 2.95. The van der Waals surface area contributed by atoms with E-state index in [9.17, 15) is 4.79 Å². The van der Waals surface area contributed by atoms with Gasteiger partial charge in [-0.25, -0.2) is 0 Å². The van der Waals surface area contributed by atoms with E-state index >= 15 is 0 Å². The first-order valence-corrected chi connectivity index (χ1v) is 6.96. The molecule has 0 aliphatic carbocycles. The predicted octanol–water partition coefficient (Wildman–Crippen LogP) is 4.52. The topological polar surface area (TPSA) is 42.0 Å². The molecule has 0 saturated heterocycles. The van der Waals surface area contributed by atoms with Crippen LogP contribution in [0.4, 0.5) is 5.69 Å². The second-order valence-corrected chi connectivity index (χ2v) is 5.41. The van der Waals surface area contributed by atoms with Gasteiger partial charge in [0.2, 0.25) is 5.91 Å². The highest BCUT2D eigenvalue weighted by molar-refractivity contribution is 6.35. The Hall–Kier alpha value is -1.58. The molecule has 1 atom stereocenters. The molecule has 104 valence electrons. The minimum absolute atomic E-state index is 0.0849. The summed E-state index contributed by atoms with van der Waals surface area (Å²) in [5.41, 5.74) is 1.56. The van der Waals surface area contributed by atoms with Crippen LogP contribution < -0.4 is 5.32 Å². The lowest BCUT2D eigenvalue weighted by atomic mass is 9.99. The minimum atomic E-state index is -0.106. The van der Waals surface area contributed by atoms with Gasteiger partial charge in [0.15, 0.2) is 0 Å². The summed E-state index contributed by atoms with van der Waals surface area (Å²) in [5, 5.41) is 3.78. The lowest BCUT2D eigenvalue weighted by Gasteiger charge is -2.12. The smallest absolute Gasteiger partial charge is 0.225 e. The summed E-state index contributed by atoms with van der Waals surface area (Å²) in [6, 6.07) is 8.78. The summed E-state index contributed by atoms with van der Waals surface area (Å²) in [4.78, 5) is 16.1. The molecule has 0 spiro atoms. The van der Waals surface area contributed by atoms with E-state index < -0.39 is 0 Å². The molecule has 1 aromatic carbocycles. The van der Waals surface area contributed by atoms with Crippen LogP contribution in [-0.4, -0.2) is 10.9 Å². The van der Waals surface area contributed by atoms with Crippen LogP contribution in [0, 0.1) is 0 Å². The van der Waals surface area contributed by atoms with E-state index in [0.29, 0.717) is 22.2 Å². The van der Waals surface area contributed by atoms with Crippen LogP contribution in [0.2, 0.25) is 10.0 Å². The summed E-state index contributed by atoms with van der Waals surface area (Å²) in [6.07, 6.45) is 3.83. The fraction of sp³-hybridized carbons (Fsp3) is 0.200. The predicted molar refractivity (Wildman–Crippen MR) is 82.4 cm³/mol. The van der Waals surface area contributed by atoms with Crippen molar-refractivity contribution >= 4 is 34.8 Å². The molecule has 1 aromatic heterocycles. The number of halogens is 2. The number of rotatable bonds is 4. The molecule has 0 radical (unpaired) electrons. The molecule has 0 saturated carbocycles. The Morgan fingerprint density at radius 2 is 2.15 bits per heavy atom. The second-order valence-electron chi connectivity index (χ2n) is 4.56. The fourth-order valence-electron chi connectivity index (χ4n) is 1.86. The number of benzene rings is 1. The molecule has 1 amide bonds. The van der Waals surface area contributed by atoms with Crippen LogP contribution in [0.1, 0.15) is 24.8 Å². The maximum Gasteiger partial charge on any atom is 0.225 e. The van der Waals surface area contributed by atoms with Gasteiger partial charge < -0.3 is 5.32 Å². The number of pyridine rings is 1. The number of carbonyl (C=O) groups excluding carboxylic acids is 1. The normalized spacial score (nSPS) is 11.9. The zero-order valence-corrected chi connectivity index (χ0v) is 12.4. The van der Waals surface area contributed by atoms with Crippen molar-refractivity contribution in [3.8, 4) is 0 Å². The van der Waals surface area contributed by atoms with Crippen LogP contribution in [0.5, 0.6) is 0 Å². The summed E-state index contributed by atoms with van der Waals surface area (Å²) in [7, 11) is 0. The Bertz CT molecular complexity index is 602. The van der Waals surface area contributed by atoms with Crippen LogP contribution in [0.3, 0.4) is 0 Å². The van der Waals surface area contributed by atoms with Gasteiger partial charge in [0.1, 0.15) is 0 Å². The SMILES string of the molecule is CC(CC(=O)Nc1cc(Cl)ccc1Cl)c1cccnc1. The van der Waals surface area contributed by atoms with E-state index in [-0.39, 0.29) is 11.8 Å². The van der Waals surface area contributed by atoms with Gasteiger partial charge >= 0.3 is 0 Å². The van der Waals surface area contributed by atoms with Crippen LogP contribution in [-0.2, 0) is 4.79 Å². The van der Waals surface area contributed by atoms with E-state index in [1.54, 1.807) is 30.6 Å². The molecule has 2 aromatic rings. The Kier molecular flexibility index (Phi) is 4.99. The lowest BCUT2D eigenvalue weighted by Crippen LogP contribution is -2.14. The van der Waals surface area contributed by atoms with Crippen molar-refractivity contribution in [2.75, 3.05) is 5.32 Å². The molecule has 3 nitrogen and oxygen atoms in total. The number of hydrogen-bond acceptors (Lipinski definition) is 2. The van der Waals surface area contributed by atoms with Gasteiger partial charge in [-0.2, -0.15) is 0 Å². The van der Waals surface area contributed by atoms with Gasteiger partial charge in [0.05, 0.1) is 10.7 Å². The van der Waals surface area contributed by atoms with E-state index in [1.807, 2.05) is 19.1 Å². The summed E-state index contributed by atoms with van der Waals surface area (Å²) < 4.78 is 0. The molecular formula is C15H14Cl2N2O. The molecule has 20 heavy (non-hydrogen) atoms. The first kappa shape index (κ1) is 14.8.